The second-order valence-corrected chi connectivity index (χ2v) is 4.49. The smallest absolute Gasteiger partial charge is 0.121 e. The molecule has 0 fully saturated rings. The third-order valence-electron chi connectivity index (χ3n) is 3.29. The van der Waals surface area contributed by atoms with Gasteiger partial charge in [0.1, 0.15) is 5.54 Å². The van der Waals surface area contributed by atoms with Gasteiger partial charge in [-0.25, -0.2) is 0 Å². The molecule has 0 aromatic heterocycles. The molecule has 1 aliphatic heterocycles. The molecule has 0 saturated carbocycles. The average molecular weight is 215 g/mol. The molecule has 1 aromatic rings. The summed E-state index contributed by atoms with van der Waals surface area (Å²) >= 11 is 0. The number of benzene rings is 1. The predicted molar refractivity (Wildman–Crippen MR) is 65.4 cm³/mol. The fourth-order valence-corrected chi connectivity index (χ4v) is 2.12. The minimum Gasteiger partial charge on any atom is -0.368 e. The van der Waals surface area contributed by atoms with Gasteiger partial charge >= 0.3 is 0 Å². The Morgan fingerprint density at radius 1 is 1.50 bits per heavy atom. The summed E-state index contributed by atoms with van der Waals surface area (Å²) in [5, 5.41) is 12.2. The normalized spacial score (nSPS) is 17.7. The number of nitrogens with zero attached hydrogens (tertiary/aromatic N) is 2. The second kappa shape index (κ2) is 4.15. The van der Waals surface area contributed by atoms with Crippen molar-refractivity contribution < 1.29 is 0 Å². The zero-order valence-electron chi connectivity index (χ0n) is 9.83. The van der Waals surface area contributed by atoms with E-state index in [4.69, 9.17) is 5.26 Å². The summed E-state index contributed by atoms with van der Waals surface area (Å²) in [6.07, 6.45) is 1.08. The summed E-state index contributed by atoms with van der Waals surface area (Å²) < 4.78 is 0. The lowest BCUT2D eigenvalue weighted by atomic mass is 10.0. The highest BCUT2D eigenvalue weighted by molar-refractivity contribution is 5.58. The highest BCUT2D eigenvalue weighted by Gasteiger charge is 2.28. The highest BCUT2D eigenvalue weighted by atomic mass is 15.2. The van der Waals surface area contributed by atoms with E-state index >= 15 is 0 Å². The molecule has 1 aliphatic rings. The first-order chi connectivity index (χ1) is 7.68. The van der Waals surface area contributed by atoms with Crippen molar-refractivity contribution in [2.75, 3.05) is 25.0 Å². The summed E-state index contributed by atoms with van der Waals surface area (Å²) in [5.74, 6) is 0. The van der Waals surface area contributed by atoms with Gasteiger partial charge in [0.05, 0.1) is 6.07 Å². The van der Waals surface area contributed by atoms with Crippen LogP contribution in [0, 0.1) is 11.3 Å². The van der Waals surface area contributed by atoms with Crippen molar-refractivity contribution in [2.24, 2.45) is 0 Å². The molecule has 3 heteroatoms. The molecule has 84 valence electrons. The lowest BCUT2D eigenvalue weighted by molar-refractivity contribution is 0.486. The molecule has 1 atom stereocenters. The molecule has 0 bridgehead atoms. The van der Waals surface area contributed by atoms with Crippen molar-refractivity contribution in [3.8, 4) is 6.07 Å². The summed E-state index contributed by atoms with van der Waals surface area (Å²) in [6.45, 7) is 3.68. The van der Waals surface area contributed by atoms with Crippen molar-refractivity contribution in [1.29, 1.82) is 5.26 Å². The van der Waals surface area contributed by atoms with Gasteiger partial charge in [0, 0.05) is 18.8 Å². The van der Waals surface area contributed by atoms with Crippen molar-refractivity contribution >= 4 is 5.69 Å². The Kier molecular flexibility index (Phi) is 2.84. The van der Waals surface area contributed by atoms with E-state index < -0.39 is 5.54 Å². The van der Waals surface area contributed by atoms with Crippen LogP contribution in [0.1, 0.15) is 12.5 Å². The van der Waals surface area contributed by atoms with Gasteiger partial charge in [-0.15, -0.1) is 0 Å². The molecule has 2 rings (SSSR count). The Morgan fingerprint density at radius 2 is 2.25 bits per heavy atom. The number of rotatable bonds is 3. The molecule has 1 aromatic carbocycles. The second-order valence-electron chi connectivity index (χ2n) is 4.49. The van der Waals surface area contributed by atoms with Crippen molar-refractivity contribution in [3.63, 3.8) is 0 Å². The van der Waals surface area contributed by atoms with Crippen molar-refractivity contribution in [3.05, 3.63) is 29.8 Å². The molecule has 1 heterocycles. The molecule has 0 aliphatic carbocycles. The van der Waals surface area contributed by atoms with Crippen LogP contribution in [0.3, 0.4) is 0 Å². The quantitative estimate of drug-likeness (QED) is 0.831. The van der Waals surface area contributed by atoms with Gasteiger partial charge in [-0.1, -0.05) is 18.2 Å². The molecular weight excluding hydrogens is 198 g/mol. The zero-order chi connectivity index (χ0) is 11.6. The van der Waals surface area contributed by atoms with Gasteiger partial charge in [-0.3, -0.25) is 0 Å². The van der Waals surface area contributed by atoms with E-state index in [-0.39, 0.29) is 0 Å². The van der Waals surface area contributed by atoms with Crippen LogP contribution in [0.5, 0.6) is 0 Å². The van der Waals surface area contributed by atoms with Gasteiger partial charge in [0.2, 0.25) is 0 Å². The van der Waals surface area contributed by atoms with Crippen LogP contribution in [0.15, 0.2) is 24.3 Å². The van der Waals surface area contributed by atoms with Crippen LogP contribution in [0.2, 0.25) is 0 Å². The van der Waals surface area contributed by atoms with Gasteiger partial charge in [0.25, 0.3) is 0 Å². The molecule has 0 spiro atoms. The molecule has 1 unspecified atom stereocenters. The topological polar surface area (TPSA) is 39.1 Å². The fourth-order valence-electron chi connectivity index (χ4n) is 2.12. The van der Waals surface area contributed by atoms with E-state index in [1.807, 2.05) is 14.0 Å². The first-order valence-corrected chi connectivity index (χ1v) is 5.61. The largest absolute Gasteiger partial charge is 0.368 e. The number of likely N-dealkylation sites (N-methyl/N-ethyl adjacent to an activating group) is 1. The number of nitrogens with one attached hydrogen (secondary N) is 1. The van der Waals surface area contributed by atoms with E-state index in [1.165, 1.54) is 11.3 Å². The van der Waals surface area contributed by atoms with Crippen LogP contribution in [0.4, 0.5) is 5.69 Å². The first kappa shape index (κ1) is 11.0. The van der Waals surface area contributed by atoms with Crippen LogP contribution in [-0.2, 0) is 6.42 Å². The fraction of sp³-hybridized carbons (Fsp3) is 0.462. The number of fused-ring (bicyclic) bond motifs is 1. The van der Waals surface area contributed by atoms with Crippen molar-refractivity contribution in [2.45, 2.75) is 18.9 Å². The summed E-state index contributed by atoms with van der Waals surface area (Å²) in [7, 11) is 1.84. The molecule has 3 nitrogen and oxygen atoms in total. The monoisotopic (exact) mass is 215 g/mol. The van der Waals surface area contributed by atoms with Crippen LogP contribution in [0.25, 0.3) is 0 Å². The van der Waals surface area contributed by atoms with E-state index in [0.717, 1.165) is 19.5 Å². The Morgan fingerprint density at radius 3 is 2.94 bits per heavy atom. The van der Waals surface area contributed by atoms with Gasteiger partial charge in [-0.05, 0) is 32.0 Å². The summed E-state index contributed by atoms with van der Waals surface area (Å²) in [4.78, 5) is 2.29. The Bertz CT molecular complexity index is 421. The summed E-state index contributed by atoms with van der Waals surface area (Å²) in [5.41, 5.74) is 2.19. The Balaban J connectivity index is 2.18. The molecule has 1 N–H and O–H groups in total. The average Bonchev–Trinajstić information content (AvgIpc) is 2.73. The molecular formula is C13H17N3. The number of hydrogen-bond donors (Lipinski definition) is 1. The van der Waals surface area contributed by atoms with Crippen LogP contribution < -0.4 is 10.2 Å². The predicted octanol–water partition coefficient (Wildman–Crippen LogP) is 1.55. The first-order valence-electron chi connectivity index (χ1n) is 5.61. The number of para-hydroxylation sites is 1. The van der Waals surface area contributed by atoms with Gasteiger partial charge < -0.3 is 10.2 Å². The van der Waals surface area contributed by atoms with Gasteiger partial charge in [0.15, 0.2) is 0 Å². The van der Waals surface area contributed by atoms with E-state index in [0.29, 0.717) is 0 Å². The Labute approximate surface area is 96.7 Å². The van der Waals surface area contributed by atoms with Crippen LogP contribution >= 0.6 is 0 Å². The number of anilines is 1. The SMILES string of the molecule is CNC(C)(C#N)CN1CCc2ccccc21. The maximum atomic E-state index is 9.15. The number of hydrogen-bond acceptors (Lipinski definition) is 3. The third-order valence-corrected chi connectivity index (χ3v) is 3.29. The minimum absolute atomic E-state index is 0.475. The Hall–Kier alpha value is -1.53. The number of nitriles is 1. The highest BCUT2D eigenvalue weighted by Crippen LogP contribution is 2.28. The third kappa shape index (κ3) is 1.89. The summed E-state index contributed by atoms with van der Waals surface area (Å²) in [6, 6.07) is 10.8. The maximum Gasteiger partial charge on any atom is 0.121 e. The molecule has 0 radical (unpaired) electrons. The van der Waals surface area contributed by atoms with Crippen molar-refractivity contribution in [1.82, 2.24) is 5.32 Å². The van der Waals surface area contributed by atoms with E-state index in [1.54, 1.807) is 0 Å². The zero-order valence-corrected chi connectivity index (χ0v) is 9.83. The standard InChI is InChI=1S/C13H17N3/c1-13(9-14,15-2)10-16-8-7-11-5-3-4-6-12(11)16/h3-6,15H,7-8,10H2,1-2H3. The maximum absolute atomic E-state index is 9.15. The van der Waals surface area contributed by atoms with E-state index in [9.17, 15) is 0 Å². The lowest BCUT2D eigenvalue weighted by Gasteiger charge is -2.29. The van der Waals surface area contributed by atoms with Gasteiger partial charge in [-0.2, -0.15) is 5.26 Å². The molecule has 0 amide bonds. The lowest BCUT2D eigenvalue weighted by Crippen LogP contribution is -2.48. The molecule has 16 heavy (non-hydrogen) atoms. The minimum atomic E-state index is -0.475. The molecule has 0 saturated heterocycles. The van der Waals surface area contributed by atoms with Crippen LogP contribution in [-0.4, -0.2) is 25.7 Å². The van der Waals surface area contributed by atoms with E-state index in [2.05, 4.69) is 40.6 Å².